The van der Waals surface area contributed by atoms with Gasteiger partial charge in [-0.3, -0.25) is 14.3 Å². The summed E-state index contributed by atoms with van der Waals surface area (Å²) in [5.74, 6) is 1.35. The molecule has 1 amide bonds. The van der Waals surface area contributed by atoms with E-state index in [1.54, 1.807) is 31.6 Å². The maximum atomic E-state index is 12.5. The summed E-state index contributed by atoms with van der Waals surface area (Å²) in [6.07, 6.45) is 3.92. The first kappa shape index (κ1) is 25.4. The van der Waals surface area contributed by atoms with Crippen molar-refractivity contribution in [2.24, 2.45) is 5.14 Å². The minimum Gasteiger partial charge on any atom is -0.497 e. The minimum atomic E-state index is -3.73. The van der Waals surface area contributed by atoms with Crippen LogP contribution in [0.1, 0.15) is 5.56 Å². The number of hydrogen-bond acceptors (Lipinski definition) is 8. The van der Waals surface area contributed by atoms with E-state index in [9.17, 15) is 13.2 Å². The van der Waals surface area contributed by atoms with E-state index in [-0.39, 0.29) is 16.6 Å². The van der Waals surface area contributed by atoms with Gasteiger partial charge in [-0.25, -0.2) is 13.6 Å². The highest BCUT2D eigenvalue weighted by Crippen LogP contribution is 2.28. The number of amides is 1. The molecule has 186 valence electrons. The fourth-order valence-corrected chi connectivity index (χ4v) is 4.69. The first-order valence-corrected chi connectivity index (χ1v) is 13.4. The van der Waals surface area contributed by atoms with Crippen LogP contribution >= 0.6 is 11.8 Å². The fraction of sp³-hybridized carbons (Fsp3) is 0.167. The van der Waals surface area contributed by atoms with Crippen molar-refractivity contribution < 1.29 is 17.9 Å². The maximum Gasteiger partial charge on any atom is 0.238 e. The summed E-state index contributed by atoms with van der Waals surface area (Å²) < 4.78 is 29.9. The number of sulfonamides is 1. The molecule has 0 saturated carbocycles. The van der Waals surface area contributed by atoms with Crippen LogP contribution in [0.15, 0.2) is 83.1 Å². The zero-order chi connectivity index (χ0) is 25.5. The highest BCUT2D eigenvalue weighted by atomic mass is 32.2. The third kappa shape index (κ3) is 6.27. The lowest BCUT2D eigenvalue weighted by molar-refractivity contribution is -0.118. The number of ether oxygens (including phenoxy) is 1. The van der Waals surface area contributed by atoms with Gasteiger partial charge in [-0.05, 0) is 60.5 Å². The normalized spacial score (nSPS) is 11.3. The molecule has 4 rings (SSSR count). The van der Waals surface area contributed by atoms with E-state index in [1.165, 1.54) is 23.9 Å². The number of hydrogen-bond donors (Lipinski definition) is 2. The Kier molecular flexibility index (Phi) is 7.98. The Balaban J connectivity index is 1.41. The molecule has 0 aliphatic heterocycles. The first-order valence-electron chi connectivity index (χ1n) is 10.9. The number of primary sulfonamides is 1. The molecule has 0 saturated heterocycles. The number of carbonyl (C=O) groups excluding carboxylic acids is 1. The minimum absolute atomic E-state index is 0.0544. The smallest absolute Gasteiger partial charge is 0.238 e. The molecule has 4 aromatic rings. The molecule has 2 aromatic heterocycles. The van der Waals surface area contributed by atoms with Crippen molar-refractivity contribution in [3.8, 4) is 22.8 Å². The summed E-state index contributed by atoms with van der Waals surface area (Å²) in [5.41, 5.74) is 2.56. The van der Waals surface area contributed by atoms with Crippen molar-refractivity contribution in [2.45, 2.75) is 16.5 Å². The van der Waals surface area contributed by atoms with Crippen molar-refractivity contribution >= 4 is 27.7 Å². The summed E-state index contributed by atoms with van der Waals surface area (Å²) in [6.45, 7) is 0.404. The van der Waals surface area contributed by atoms with E-state index in [0.717, 1.165) is 22.6 Å². The van der Waals surface area contributed by atoms with Gasteiger partial charge in [0.05, 0.1) is 17.8 Å². The lowest BCUT2D eigenvalue weighted by atomic mass is 10.1. The molecule has 2 heterocycles. The van der Waals surface area contributed by atoms with Gasteiger partial charge in [0, 0.05) is 30.2 Å². The summed E-state index contributed by atoms with van der Waals surface area (Å²) in [7, 11) is -2.12. The second-order valence-corrected chi connectivity index (χ2v) is 10.2. The van der Waals surface area contributed by atoms with Crippen molar-refractivity contribution in [3.05, 3.63) is 78.6 Å². The molecule has 10 nitrogen and oxygen atoms in total. The molecule has 0 radical (unpaired) electrons. The van der Waals surface area contributed by atoms with Crippen molar-refractivity contribution in [2.75, 3.05) is 19.4 Å². The molecule has 0 atom stereocenters. The number of benzene rings is 2. The number of nitrogens with one attached hydrogen (secondary N) is 1. The number of pyridine rings is 1. The molecule has 0 fully saturated rings. The van der Waals surface area contributed by atoms with Gasteiger partial charge >= 0.3 is 0 Å². The quantitative estimate of drug-likeness (QED) is 0.301. The van der Waals surface area contributed by atoms with E-state index in [2.05, 4.69) is 20.5 Å². The van der Waals surface area contributed by atoms with Gasteiger partial charge in [0.1, 0.15) is 5.75 Å². The largest absolute Gasteiger partial charge is 0.497 e. The zero-order valence-electron chi connectivity index (χ0n) is 19.4. The fourth-order valence-electron chi connectivity index (χ4n) is 3.39. The van der Waals surface area contributed by atoms with Crippen molar-refractivity contribution in [1.29, 1.82) is 0 Å². The van der Waals surface area contributed by atoms with Gasteiger partial charge in [0.15, 0.2) is 11.0 Å². The lowest BCUT2D eigenvalue weighted by Crippen LogP contribution is -2.27. The zero-order valence-corrected chi connectivity index (χ0v) is 21.0. The number of carbonyl (C=O) groups is 1. The third-order valence-corrected chi connectivity index (χ3v) is 7.08. The number of methoxy groups -OCH3 is 1. The van der Waals surface area contributed by atoms with E-state index in [1.807, 2.05) is 41.0 Å². The Labute approximate surface area is 213 Å². The first-order chi connectivity index (χ1) is 17.3. The average Bonchev–Trinajstić information content (AvgIpc) is 3.32. The molecule has 2 aromatic carbocycles. The van der Waals surface area contributed by atoms with Gasteiger partial charge in [-0.15, -0.1) is 10.2 Å². The van der Waals surface area contributed by atoms with Crippen LogP contribution in [-0.2, 0) is 21.2 Å². The van der Waals surface area contributed by atoms with E-state index in [0.29, 0.717) is 23.9 Å². The third-order valence-electron chi connectivity index (χ3n) is 5.22. The van der Waals surface area contributed by atoms with Crippen LogP contribution < -0.4 is 15.2 Å². The SMILES string of the molecule is COc1ccc(-n2c(SCC(=O)NCCc3ccc(S(N)(=O)=O)cc3)nnc2-c2ccncc2)cc1. The maximum absolute atomic E-state index is 12.5. The van der Waals surface area contributed by atoms with E-state index < -0.39 is 10.0 Å². The Hall–Kier alpha value is -3.74. The van der Waals surface area contributed by atoms with Gasteiger partial charge in [-0.1, -0.05) is 23.9 Å². The molecule has 0 bridgehead atoms. The second kappa shape index (κ2) is 11.3. The second-order valence-electron chi connectivity index (χ2n) is 7.65. The lowest BCUT2D eigenvalue weighted by Gasteiger charge is -2.11. The van der Waals surface area contributed by atoms with Gasteiger partial charge < -0.3 is 10.1 Å². The molecule has 36 heavy (non-hydrogen) atoms. The van der Waals surface area contributed by atoms with Crippen molar-refractivity contribution in [3.63, 3.8) is 0 Å². The molecule has 0 aliphatic rings. The summed E-state index contributed by atoms with van der Waals surface area (Å²) in [4.78, 5) is 16.6. The van der Waals surface area contributed by atoms with Crippen molar-refractivity contribution in [1.82, 2.24) is 25.1 Å². The van der Waals surface area contributed by atoms with Crippen LogP contribution in [0.3, 0.4) is 0 Å². The standard InChI is InChI=1S/C24H24N6O4S2/c1-34-20-6-4-19(5-7-20)30-23(18-11-13-26-14-12-18)28-29-24(30)35-16-22(31)27-15-10-17-2-8-21(9-3-17)36(25,32)33/h2-9,11-14H,10,15-16H2,1H3,(H,27,31)(H2,25,32,33). The number of nitrogens with zero attached hydrogens (tertiary/aromatic N) is 4. The summed E-state index contributed by atoms with van der Waals surface area (Å²) in [6, 6.07) is 17.5. The number of nitrogens with two attached hydrogens (primary N) is 1. The number of thioether (sulfide) groups is 1. The summed E-state index contributed by atoms with van der Waals surface area (Å²) >= 11 is 1.28. The van der Waals surface area contributed by atoms with Crippen LogP contribution in [0.2, 0.25) is 0 Å². The molecule has 0 unspecified atom stereocenters. The van der Waals surface area contributed by atoms with Crippen LogP contribution in [0, 0.1) is 0 Å². The highest BCUT2D eigenvalue weighted by molar-refractivity contribution is 7.99. The Morgan fingerprint density at radius 1 is 1.03 bits per heavy atom. The molecular formula is C24H24N6O4S2. The van der Waals surface area contributed by atoms with Crippen LogP contribution in [0.25, 0.3) is 17.1 Å². The van der Waals surface area contributed by atoms with Crippen LogP contribution in [-0.4, -0.2) is 53.5 Å². The monoisotopic (exact) mass is 524 g/mol. The van der Waals surface area contributed by atoms with Crippen LogP contribution in [0.5, 0.6) is 5.75 Å². The Morgan fingerprint density at radius 2 is 1.72 bits per heavy atom. The molecule has 0 aliphatic carbocycles. The highest BCUT2D eigenvalue weighted by Gasteiger charge is 2.17. The van der Waals surface area contributed by atoms with Gasteiger partial charge in [0.2, 0.25) is 15.9 Å². The van der Waals surface area contributed by atoms with Crippen LogP contribution in [0.4, 0.5) is 0 Å². The predicted octanol–water partition coefficient (Wildman–Crippen LogP) is 2.44. The Morgan fingerprint density at radius 3 is 2.36 bits per heavy atom. The summed E-state index contributed by atoms with van der Waals surface area (Å²) in [5, 5.41) is 17.2. The number of rotatable bonds is 10. The van der Waals surface area contributed by atoms with E-state index >= 15 is 0 Å². The average molecular weight is 525 g/mol. The molecule has 3 N–H and O–H groups in total. The van der Waals surface area contributed by atoms with E-state index in [4.69, 9.17) is 9.88 Å². The Bertz CT molecular complexity index is 1420. The topological polar surface area (TPSA) is 142 Å². The predicted molar refractivity (Wildman–Crippen MR) is 136 cm³/mol. The number of aromatic nitrogens is 4. The van der Waals surface area contributed by atoms with Gasteiger partial charge in [0.25, 0.3) is 0 Å². The molecule has 0 spiro atoms. The van der Waals surface area contributed by atoms with Gasteiger partial charge in [-0.2, -0.15) is 0 Å². The molecule has 12 heteroatoms. The molecular weight excluding hydrogens is 500 g/mol.